The van der Waals surface area contributed by atoms with Gasteiger partial charge in [0.15, 0.2) is 0 Å². The maximum absolute atomic E-state index is 11.2. The number of ether oxygens (including phenoxy) is 2. The molecule has 94 valence electrons. The summed E-state index contributed by atoms with van der Waals surface area (Å²) in [7, 11) is 1.17. The third-order valence-corrected chi connectivity index (χ3v) is 2.24. The Hall–Kier alpha value is -2.05. The zero-order chi connectivity index (χ0) is 12.8. The van der Waals surface area contributed by atoms with Crippen molar-refractivity contribution in [2.45, 2.75) is 6.42 Å². The van der Waals surface area contributed by atoms with Crippen molar-refractivity contribution >= 4 is 18.0 Å². The van der Waals surface area contributed by atoms with E-state index < -0.39 is 18.0 Å². The van der Waals surface area contributed by atoms with Crippen LogP contribution >= 0.6 is 0 Å². The standard InChI is InChI=1S/C10H13NO6/c1-16-9(14)7(6-8(12)13)2-3-11-4-5-17-10(11)15/h6H,2-5H2,1H3,(H,12,13)/b7-6+. The lowest BCUT2D eigenvalue weighted by molar-refractivity contribution is -0.137. The number of carbonyl (C=O) groups excluding carboxylic acids is 2. The molecule has 7 nitrogen and oxygen atoms in total. The van der Waals surface area contributed by atoms with Crippen LogP contribution in [0.25, 0.3) is 0 Å². The third kappa shape index (κ3) is 3.78. The van der Waals surface area contributed by atoms with Crippen molar-refractivity contribution in [2.75, 3.05) is 26.8 Å². The number of aliphatic carboxylic acids is 1. The minimum Gasteiger partial charge on any atom is -0.478 e. The molecule has 1 aliphatic heterocycles. The molecule has 1 fully saturated rings. The van der Waals surface area contributed by atoms with Gasteiger partial charge >= 0.3 is 18.0 Å². The van der Waals surface area contributed by atoms with E-state index in [1.165, 1.54) is 12.0 Å². The van der Waals surface area contributed by atoms with Crippen LogP contribution in [0.1, 0.15) is 6.42 Å². The summed E-state index contributed by atoms with van der Waals surface area (Å²) in [5, 5.41) is 8.58. The highest BCUT2D eigenvalue weighted by Gasteiger charge is 2.23. The molecule has 0 bridgehead atoms. The van der Waals surface area contributed by atoms with Gasteiger partial charge in [-0.05, 0) is 6.42 Å². The third-order valence-electron chi connectivity index (χ3n) is 2.24. The molecule has 0 aromatic carbocycles. The molecule has 1 saturated heterocycles. The summed E-state index contributed by atoms with van der Waals surface area (Å²) in [6.45, 7) is 0.989. The number of amides is 1. The van der Waals surface area contributed by atoms with Gasteiger partial charge in [-0.25, -0.2) is 14.4 Å². The first-order valence-electron chi connectivity index (χ1n) is 4.98. The summed E-state index contributed by atoms with van der Waals surface area (Å²) >= 11 is 0. The second kappa shape index (κ2) is 5.88. The van der Waals surface area contributed by atoms with Crippen molar-refractivity contribution in [1.82, 2.24) is 4.90 Å². The average molecular weight is 243 g/mol. The van der Waals surface area contributed by atoms with Crippen LogP contribution in [0.2, 0.25) is 0 Å². The number of carbonyl (C=O) groups is 3. The van der Waals surface area contributed by atoms with Crippen molar-refractivity contribution < 1.29 is 29.0 Å². The molecule has 0 atom stereocenters. The Morgan fingerprint density at radius 3 is 2.76 bits per heavy atom. The highest BCUT2D eigenvalue weighted by atomic mass is 16.6. The Morgan fingerprint density at radius 1 is 1.59 bits per heavy atom. The largest absolute Gasteiger partial charge is 0.478 e. The van der Waals surface area contributed by atoms with E-state index in [4.69, 9.17) is 9.84 Å². The predicted octanol–water partition coefficient (Wildman–Crippen LogP) is 0.0127. The number of carboxylic acid groups (broad SMARTS) is 1. The molecule has 1 rings (SSSR count). The lowest BCUT2D eigenvalue weighted by atomic mass is 10.1. The predicted molar refractivity (Wildman–Crippen MR) is 55.3 cm³/mol. The first-order chi connectivity index (χ1) is 8.04. The minimum atomic E-state index is -1.23. The van der Waals surface area contributed by atoms with Crippen LogP contribution in [-0.4, -0.2) is 54.8 Å². The Bertz CT molecular complexity index is 362. The number of esters is 1. The van der Waals surface area contributed by atoms with Gasteiger partial charge in [0.05, 0.1) is 13.7 Å². The molecule has 1 heterocycles. The zero-order valence-corrected chi connectivity index (χ0v) is 9.34. The first kappa shape index (κ1) is 13.0. The number of cyclic esters (lactones) is 1. The van der Waals surface area contributed by atoms with E-state index in [-0.39, 0.29) is 18.5 Å². The summed E-state index contributed by atoms with van der Waals surface area (Å²) in [5.41, 5.74) is 0.0136. The molecule has 7 heteroatoms. The summed E-state index contributed by atoms with van der Waals surface area (Å²) in [5.74, 6) is -1.94. The van der Waals surface area contributed by atoms with Gasteiger partial charge in [-0.1, -0.05) is 0 Å². The van der Waals surface area contributed by atoms with Crippen LogP contribution in [-0.2, 0) is 19.1 Å². The van der Waals surface area contributed by atoms with Crippen LogP contribution in [0, 0.1) is 0 Å². The normalized spacial score (nSPS) is 15.7. The highest BCUT2D eigenvalue weighted by Crippen LogP contribution is 2.09. The fraction of sp³-hybridized carbons (Fsp3) is 0.500. The van der Waals surface area contributed by atoms with E-state index in [0.29, 0.717) is 13.2 Å². The number of rotatable bonds is 5. The fourth-order valence-corrected chi connectivity index (χ4v) is 1.40. The Balaban J connectivity index is 2.58. The molecular formula is C10H13NO6. The number of nitrogens with zero attached hydrogens (tertiary/aromatic N) is 1. The van der Waals surface area contributed by atoms with E-state index >= 15 is 0 Å². The Labute approximate surface area is 97.6 Å². The van der Waals surface area contributed by atoms with Gasteiger partial charge in [-0.2, -0.15) is 0 Å². The van der Waals surface area contributed by atoms with Crippen molar-refractivity contribution in [3.05, 3.63) is 11.6 Å². The van der Waals surface area contributed by atoms with E-state index in [2.05, 4.69) is 4.74 Å². The zero-order valence-electron chi connectivity index (χ0n) is 9.34. The molecule has 1 amide bonds. The summed E-state index contributed by atoms with van der Waals surface area (Å²) < 4.78 is 9.15. The lowest BCUT2D eigenvalue weighted by Crippen LogP contribution is -2.26. The Kier molecular flexibility index (Phi) is 4.50. The topological polar surface area (TPSA) is 93.1 Å². The number of methoxy groups -OCH3 is 1. The quantitative estimate of drug-likeness (QED) is 0.540. The van der Waals surface area contributed by atoms with Crippen molar-refractivity contribution in [3.63, 3.8) is 0 Å². The molecule has 0 spiro atoms. The number of carboxylic acids is 1. The molecular weight excluding hydrogens is 230 g/mol. The molecule has 0 radical (unpaired) electrons. The van der Waals surface area contributed by atoms with Crippen molar-refractivity contribution in [1.29, 1.82) is 0 Å². The van der Waals surface area contributed by atoms with Gasteiger partial charge < -0.3 is 19.5 Å². The molecule has 17 heavy (non-hydrogen) atoms. The van der Waals surface area contributed by atoms with Crippen LogP contribution in [0.5, 0.6) is 0 Å². The second-order valence-corrected chi connectivity index (χ2v) is 3.35. The number of hydrogen-bond acceptors (Lipinski definition) is 5. The SMILES string of the molecule is COC(=O)/C(=C/C(=O)O)CCN1CCOC1=O. The van der Waals surface area contributed by atoms with Gasteiger partial charge in [0.2, 0.25) is 0 Å². The molecule has 0 unspecified atom stereocenters. The molecule has 0 aromatic heterocycles. The first-order valence-corrected chi connectivity index (χ1v) is 4.98. The van der Waals surface area contributed by atoms with Gasteiger partial charge in [0.25, 0.3) is 0 Å². The van der Waals surface area contributed by atoms with E-state index in [1.807, 2.05) is 0 Å². The smallest absolute Gasteiger partial charge is 0.409 e. The molecule has 0 saturated carbocycles. The van der Waals surface area contributed by atoms with E-state index in [0.717, 1.165) is 6.08 Å². The lowest BCUT2D eigenvalue weighted by Gasteiger charge is -2.12. The van der Waals surface area contributed by atoms with Gasteiger partial charge in [-0.15, -0.1) is 0 Å². The molecule has 1 aliphatic rings. The summed E-state index contributed by atoms with van der Waals surface area (Å²) in [4.78, 5) is 34.2. The van der Waals surface area contributed by atoms with E-state index in [1.54, 1.807) is 0 Å². The Morgan fingerprint density at radius 2 is 2.29 bits per heavy atom. The minimum absolute atomic E-state index is 0.0136. The second-order valence-electron chi connectivity index (χ2n) is 3.35. The maximum atomic E-state index is 11.2. The van der Waals surface area contributed by atoms with Crippen LogP contribution in [0.15, 0.2) is 11.6 Å². The van der Waals surface area contributed by atoms with Crippen LogP contribution in [0.4, 0.5) is 4.79 Å². The van der Waals surface area contributed by atoms with Crippen LogP contribution < -0.4 is 0 Å². The molecule has 0 aromatic rings. The number of hydrogen-bond donors (Lipinski definition) is 1. The average Bonchev–Trinajstić information content (AvgIpc) is 2.68. The van der Waals surface area contributed by atoms with Gasteiger partial charge in [0, 0.05) is 18.2 Å². The summed E-state index contributed by atoms with van der Waals surface area (Å²) in [6, 6.07) is 0. The molecule has 1 N–H and O–H groups in total. The monoisotopic (exact) mass is 243 g/mol. The van der Waals surface area contributed by atoms with Crippen molar-refractivity contribution in [3.8, 4) is 0 Å². The molecule has 0 aliphatic carbocycles. The van der Waals surface area contributed by atoms with Crippen LogP contribution in [0.3, 0.4) is 0 Å². The fourth-order valence-electron chi connectivity index (χ4n) is 1.40. The maximum Gasteiger partial charge on any atom is 0.409 e. The van der Waals surface area contributed by atoms with E-state index in [9.17, 15) is 14.4 Å². The van der Waals surface area contributed by atoms with Gasteiger partial charge in [0.1, 0.15) is 6.61 Å². The van der Waals surface area contributed by atoms with Gasteiger partial charge in [-0.3, -0.25) is 0 Å². The summed E-state index contributed by atoms with van der Waals surface area (Å²) in [6.07, 6.45) is 0.450. The van der Waals surface area contributed by atoms with Crippen molar-refractivity contribution in [2.24, 2.45) is 0 Å². The highest BCUT2D eigenvalue weighted by molar-refractivity contribution is 5.95.